The molecule has 0 amide bonds. The van der Waals surface area contributed by atoms with Gasteiger partial charge in [-0.15, -0.1) is 23.2 Å². The maximum absolute atomic E-state index is 5.38. The summed E-state index contributed by atoms with van der Waals surface area (Å²) in [4.78, 5) is 0. The lowest BCUT2D eigenvalue weighted by molar-refractivity contribution is 0.283. The smallest absolute Gasteiger partial charge is 0.336 e. The van der Waals surface area contributed by atoms with Gasteiger partial charge in [0.2, 0.25) is 0 Å². The first-order chi connectivity index (χ1) is 6.69. The number of alkyl halides is 2. The van der Waals surface area contributed by atoms with Crippen molar-refractivity contribution in [3.8, 4) is 0 Å². The maximum Gasteiger partial charge on any atom is 0.336 e. The van der Waals surface area contributed by atoms with E-state index >= 15 is 0 Å². The molecule has 0 saturated heterocycles. The molecule has 0 aromatic heterocycles. The van der Waals surface area contributed by atoms with E-state index in [1.807, 2.05) is 0 Å². The van der Waals surface area contributed by atoms with Crippen molar-refractivity contribution in [3.63, 3.8) is 0 Å². The predicted octanol–water partition coefficient (Wildman–Crippen LogP) is 0.555. The Morgan fingerprint density at radius 1 is 0.714 bits per heavy atom. The molecule has 0 atom stereocenters. The lowest BCUT2D eigenvalue weighted by atomic mass is 11.8. The normalized spacial score (nSPS) is 10.3. The van der Waals surface area contributed by atoms with E-state index in [1.54, 1.807) is 28.4 Å². The highest BCUT2D eigenvalue weighted by atomic mass is 35.5. The molecule has 0 aromatic rings. The second-order valence-corrected chi connectivity index (χ2v) is 8.18. The standard InChI is InChI=1S/2C3H9ClO2Si/c2*1-5-7(3-4)6-2/h2*7H,3H2,1-2H3. The van der Waals surface area contributed by atoms with Gasteiger partial charge in [0.05, 0.1) is 11.0 Å². The summed E-state index contributed by atoms with van der Waals surface area (Å²) in [5.74, 6) is 0. The zero-order chi connectivity index (χ0) is 11.4. The Morgan fingerprint density at radius 3 is 0.929 bits per heavy atom. The van der Waals surface area contributed by atoms with Crippen molar-refractivity contribution in [2.24, 2.45) is 0 Å². The number of halogens is 2. The van der Waals surface area contributed by atoms with Crippen LogP contribution in [0, 0.1) is 0 Å². The molecular weight excluding hydrogens is 263 g/mol. The van der Waals surface area contributed by atoms with Gasteiger partial charge in [0.25, 0.3) is 0 Å². The van der Waals surface area contributed by atoms with Crippen LogP contribution in [0.2, 0.25) is 0 Å². The minimum Gasteiger partial charge on any atom is -0.399 e. The number of hydrogen-bond acceptors (Lipinski definition) is 4. The fraction of sp³-hybridized carbons (Fsp3) is 1.00. The highest BCUT2D eigenvalue weighted by Gasteiger charge is 2.04. The molecule has 0 aromatic carbocycles. The molecule has 0 radical (unpaired) electrons. The fourth-order valence-corrected chi connectivity index (χ4v) is 2.85. The first-order valence-electron chi connectivity index (χ1n) is 3.93. The fourth-order valence-electron chi connectivity index (χ4n) is 0.444. The Labute approximate surface area is 99.1 Å². The third kappa shape index (κ3) is 10.9. The summed E-state index contributed by atoms with van der Waals surface area (Å²) in [5, 5.41) is 0. The summed E-state index contributed by atoms with van der Waals surface area (Å²) < 4.78 is 19.3. The Hall–Kier alpha value is 0.854. The Kier molecular flexibility index (Phi) is 17.1. The topological polar surface area (TPSA) is 36.9 Å². The van der Waals surface area contributed by atoms with Crippen LogP contribution in [-0.4, -0.2) is 58.0 Å². The lowest BCUT2D eigenvalue weighted by Gasteiger charge is -2.03. The van der Waals surface area contributed by atoms with Gasteiger partial charge in [0.1, 0.15) is 0 Å². The second kappa shape index (κ2) is 13.9. The van der Waals surface area contributed by atoms with Gasteiger partial charge in [0, 0.05) is 28.4 Å². The van der Waals surface area contributed by atoms with Crippen LogP contribution in [0.3, 0.4) is 0 Å². The molecular formula is C6H18Cl2O4Si2. The third-order valence-electron chi connectivity index (χ3n) is 1.30. The lowest BCUT2D eigenvalue weighted by Crippen LogP contribution is -2.20. The van der Waals surface area contributed by atoms with Crippen LogP contribution < -0.4 is 0 Å². The molecule has 0 unspecified atom stereocenters. The molecule has 8 heteroatoms. The van der Waals surface area contributed by atoms with Gasteiger partial charge in [0.15, 0.2) is 0 Å². The molecule has 0 N–H and O–H groups in total. The van der Waals surface area contributed by atoms with E-state index in [1.165, 1.54) is 0 Å². The van der Waals surface area contributed by atoms with Gasteiger partial charge in [-0.05, 0) is 0 Å². The summed E-state index contributed by atoms with van der Waals surface area (Å²) in [6.07, 6.45) is 0. The van der Waals surface area contributed by atoms with Gasteiger partial charge in [-0.25, -0.2) is 0 Å². The van der Waals surface area contributed by atoms with Gasteiger partial charge in [-0.3, -0.25) is 0 Å². The Balaban J connectivity index is 0. The highest BCUT2D eigenvalue weighted by molar-refractivity contribution is 6.56. The molecule has 0 aliphatic carbocycles. The largest absolute Gasteiger partial charge is 0.399 e. The highest BCUT2D eigenvalue weighted by Crippen LogP contribution is 1.86. The van der Waals surface area contributed by atoms with E-state index in [0.29, 0.717) is 11.0 Å². The third-order valence-corrected chi connectivity index (χ3v) is 5.42. The summed E-state index contributed by atoms with van der Waals surface area (Å²) in [6.45, 7) is 0. The van der Waals surface area contributed by atoms with Crippen molar-refractivity contribution in [1.82, 2.24) is 0 Å². The summed E-state index contributed by atoms with van der Waals surface area (Å²) in [7, 11) is 3.64. The van der Waals surface area contributed by atoms with E-state index in [2.05, 4.69) is 0 Å². The molecule has 0 heterocycles. The quantitative estimate of drug-likeness (QED) is 0.526. The monoisotopic (exact) mass is 280 g/mol. The molecule has 0 rings (SSSR count). The van der Waals surface area contributed by atoms with Gasteiger partial charge in [-0.1, -0.05) is 0 Å². The van der Waals surface area contributed by atoms with Gasteiger partial charge >= 0.3 is 18.6 Å². The van der Waals surface area contributed by atoms with Gasteiger partial charge < -0.3 is 17.7 Å². The summed E-state index contributed by atoms with van der Waals surface area (Å²) in [6, 6.07) is 0. The van der Waals surface area contributed by atoms with E-state index < -0.39 is 18.6 Å². The van der Waals surface area contributed by atoms with Crippen LogP contribution in [0.4, 0.5) is 0 Å². The summed E-state index contributed by atoms with van der Waals surface area (Å²) >= 11 is 10.8. The van der Waals surface area contributed by atoms with E-state index in [0.717, 1.165) is 0 Å². The Bertz CT molecular complexity index is 80.8. The average Bonchev–Trinajstić information content (AvgIpc) is 2.24. The SMILES string of the molecule is CO[SiH](CCl)OC.CO[SiH](CCl)OC. The molecule has 88 valence electrons. The van der Waals surface area contributed by atoms with Crippen molar-refractivity contribution in [3.05, 3.63) is 0 Å². The summed E-state index contributed by atoms with van der Waals surface area (Å²) in [5.41, 5.74) is 1.04. The zero-order valence-corrected chi connectivity index (χ0v) is 12.8. The van der Waals surface area contributed by atoms with E-state index in [9.17, 15) is 0 Å². The average molecular weight is 281 g/mol. The van der Waals surface area contributed by atoms with Crippen LogP contribution in [0.1, 0.15) is 0 Å². The van der Waals surface area contributed by atoms with Crippen molar-refractivity contribution in [2.75, 3.05) is 39.4 Å². The van der Waals surface area contributed by atoms with Crippen LogP contribution in [0.5, 0.6) is 0 Å². The first kappa shape index (κ1) is 17.3. The van der Waals surface area contributed by atoms with Gasteiger partial charge in [-0.2, -0.15) is 0 Å². The zero-order valence-electron chi connectivity index (χ0n) is 8.96. The molecule has 0 spiro atoms. The molecule has 0 aliphatic rings. The Morgan fingerprint density at radius 2 is 0.929 bits per heavy atom. The molecule has 0 aliphatic heterocycles. The molecule has 4 nitrogen and oxygen atoms in total. The molecule has 14 heavy (non-hydrogen) atoms. The molecule has 0 saturated carbocycles. The minimum absolute atomic E-state index is 0.521. The van der Waals surface area contributed by atoms with Crippen LogP contribution in [0.15, 0.2) is 0 Å². The first-order valence-corrected chi connectivity index (χ1v) is 8.51. The van der Waals surface area contributed by atoms with Crippen LogP contribution >= 0.6 is 23.2 Å². The second-order valence-electron chi connectivity index (χ2n) is 2.11. The van der Waals surface area contributed by atoms with Crippen molar-refractivity contribution >= 4 is 41.8 Å². The minimum atomic E-state index is -1.41. The van der Waals surface area contributed by atoms with Crippen LogP contribution in [0.25, 0.3) is 0 Å². The van der Waals surface area contributed by atoms with E-state index in [4.69, 9.17) is 40.9 Å². The number of rotatable bonds is 6. The van der Waals surface area contributed by atoms with E-state index in [-0.39, 0.29) is 0 Å². The molecule has 0 fully saturated rings. The van der Waals surface area contributed by atoms with Crippen molar-refractivity contribution < 1.29 is 17.7 Å². The maximum atomic E-state index is 5.38. The van der Waals surface area contributed by atoms with Crippen molar-refractivity contribution in [2.45, 2.75) is 0 Å². The number of hydrogen-bond donors (Lipinski definition) is 0. The van der Waals surface area contributed by atoms with Crippen molar-refractivity contribution in [1.29, 1.82) is 0 Å². The van der Waals surface area contributed by atoms with Crippen LogP contribution in [-0.2, 0) is 17.7 Å². The molecule has 0 bridgehead atoms. The predicted molar refractivity (Wildman–Crippen MR) is 63.8 cm³/mol.